The standard InChI is InChI=1S/C16H25N3O3/c1-4-22-16(21)14-6-5-13(18-14)15(20)17-12-7-9-19(10-8-12)11(2)3/h5-6,11-12,18H,4,7-10H2,1-3H3,(H,17,20). The zero-order valence-electron chi connectivity index (χ0n) is 13.5. The molecule has 1 saturated heterocycles. The molecule has 22 heavy (non-hydrogen) atoms. The first-order chi connectivity index (χ1) is 10.5. The van der Waals surface area contributed by atoms with Gasteiger partial charge in [-0.25, -0.2) is 4.79 Å². The van der Waals surface area contributed by atoms with E-state index in [4.69, 9.17) is 4.74 Å². The lowest BCUT2D eigenvalue weighted by atomic mass is 10.0. The van der Waals surface area contributed by atoms with Crippen molar-refractivity contribution in [3.05, 3.63) is 23.5 Å². The molecule has 1 aromatic heterocycles. The van der Waals surface area contributed by atoms with E-state index in [1.807, 2.05) is 0 Å². The van der Waals surface area contributed by atoms with Gasteiger partial charge in [0.05, 0.1) is 6.61 Å². The third-order valence-electron chi connectivity index (χ3n) is 4.02. The number of rotatable bonds is 5. The maximum Gasteiger partial charge on any atom is 0.354 e. The Labute approximate surface area is 131 Å². The molecule has 2 heterocycles. The van der Waals surface area contributed by atoms with Crippen molar-refractivity contribution in [3.8, 4) is 0 Å². The zero-order valence-corrected chi connectivity index (χ0v) is 13.5. The van der Waals surface area contributed by atoms with Crippen LogP contribution in [-0.4, -0.2) is 53.5 Å². The molecule has 0 aromatic carbocycles. The molecule has 1 fully saturated rings. The molecule has 2 N–H and O–H groups in total. The number of carbonyl (C=O) groups excluding carboxylic acids is 2. The van der Waals surface area contributed by atoms with E-state index in [1.165, 1.54) is 0 Å². The average Bonchev–Trinajstić information content (AvgIpc) is 2.98. The van der Waals surface area contributed by atoms with Crippen LogP contribution in [0.4, 0.5) is 0 Å². The summed E-state index contributed by atoms with van der Waals surface area (Å²) in [5.41, 5.74) is 0.705. The van der Waals surface area contributed by atoms with E-state index >= 15 is 0 Å². The second-order valence-corrected chi connectivity index (χ2v) is 5.88. The zero-order chi connectivity index (χ0) is 16.1. The number of nitrogens with zero attached hydrogens (tertiary/aromatic N) is 1. The summed E-state index contributed by atoms with van der Waals surface area (Å²) in [6.45, 7) is 8.44. The molecule has 6 heteroatoms. The van der Waals surface area contributed by atoms with E-state index in [9.17, 15) is 9.59 Å². The van der Waals surface area contributed by atoms with Crippen molar-refractivity contribution in [2.24, 2.45) is 0 Å². The topological polar surface area (TPSA) is 74.4 Å². The fourth-order valence-corrected chi connectivity index (χ4v) is 2.68. The van der Waals surface area contributed by atoms with Gasteiger partial charge in [0, 0.05) is 25.2 Å². The van der Waals surface area contributed by atoms with Gasteiger partial charge >= 0.3 is 5.97 Å². The number of esters is 1. The van der Waals surface area contributed by atoms with Crippen molar-refractivity contribution < 1.29 is 14.3 Å². The van der Waals surface area contributed by atoms with Crippen LogP contribution in [0.2, 0.25) is 0 Å². The summed E-state index contributed by atoms with van der Waals surface area (Å²) in [5, 5.41) is 3.03. The first-order valence-electron chi connectivity index (χ1n) is 7.92. The first kappa shape index (κ1) is 16.5. The smallest absolute Gasteiger partial charge is 0.354 e. The molecular formula is C16H25N3O3. The van der Waals surface area contributed by atoms with E-state index in [0.29, 0.717) is 24.0 Å². The van der Waals surface area contributed by atoms with Crippen LogP contribution in [0.15, 0.2) is 12.1 Å². The van der Waals surface area contributed by atoms with Crippen LogP contribution in [0.3, 0.4) is 0 Å². The Kier molecular flexibility index (Phi) is 5.60. The molecule has 0 saturated carbocycles. The lowest BCUT2D eigenvalue weighted by Crippen LogP contribution is -2.46. The maximum atomic E-state index is 12.2. The number of likely N-dealkylation sites (tertiary alicyclic amines) is 1. The summed E-state index contributed by atoms with van der Waals surface area (Å²) < 4.78 is 4.90. The predicted molar refractivity (Wildman–Crippen MR) is 83.9 cm³/mol. The molecule has 1 aromatic rings. The Morgan fingerprint density at radius 1 is 1.32 bits per heavy atom. The highest BCUT2D eigenvalue weighted by Gasteiger charge is 2.23. The number of aromatic nitrogens is 1. The Hall–Kier alpha value is -1.82. The van der Waals surface area contributed by atoms with Crippen molar-refractivity contribution in [1.29, 1.82) is 0 Å². The Balaban J connectivity index is 1.87. The molecule has 0 atom stereocenters. The number of H-pyrrole nitrogens is 1. The highest BCUT2D eigenvalue weighted by molar-refractivity contribution is 5.95. The minimum absolute atomic E-state index is 0.168. The highest BCUT2D eigenvalue weighted by Crippen LogP contribution is 2.13. The van der Waals surface area contributed by atoms with Crippen LogP contribution in [0, 0.1) is 0 Å². The van der Waals surface area contributed by atoms with E-state index in [-0.39, 0.29) is 11.9 Å². The van der Waals surface area contributed by atoms with Gasteiger partial charge in [-0.1, -0.05) is 0 Å². The molecule has 0 unspecified atom stereocenters. The molecule has 1 amide bonds. The Bertz CT molecular complexity index is 516. The monoisotopic (exact) mass is 307 g/mol. The SMILES string of the molecule is CCOC(=O)c1ccc(C(=O)NC2CCN(C(C)C)CC2)[nH]1. The van der Waals surface area contributed by atoms with Gasteiger partial charge in [0.15, 0.2) is 0 Å². The van der Waals surface area contributed by atoms with Crippen molar-refractivity contribution in [1.82, 2.24) is 15.2 Å². The van der Waals surface area contributed by atoms with Crippen LogP contribution in [-0.2, 0) is 4.74 Å². The fraction of sp³-hybridized carbons (Fsp3) is 0.625. The number of aromatic amines is 1. The van der Waals surface area contributed by atoms with Gasteiger partial charge in [-0.15, -0.1) is 0 Å². The van der Waals surface area contributed by atoms with Gasteiger partial charge in [0.2, 0.25) is 0 Å². The number of piperidine rings is 1. The van der Waals surface area contributed by atoms with Gasteiger partial charge < -0.3 is 19.9 Å². The van der Waals surface area contributed by atoms with Crippen LogP contribution in [0.5, 0.6) is 0 Å². The summed E-state index contributed by atoms with van der Waals surface area (Å²) in [4.78, 5) is 29.0. The van der Waals surface area contributed by atoms with Crippen molar-refractivity contribution in [3.63, 3.8) is 0 Å². The molecule has 0 radical (unpaired) electrons. The lowest BCUT2D eigenvalue weighted by Gasteiger charge is -2.34. The summed E-state index contributed by atoms with van der Waals surface area (Å²) >= 11 is 0. The van der Waals surface area contributed by atoms with Crippen molar-refractivity contribution in [2.75, 3.05) is 19.7 Å². The molecule has 0 bridgehead atoms. The largest absolute Gasteiger partial charge is 0.461 e. The van der Waals surface area contributed by atoms with Crippen LogP contribution in [0.1, 0.15) is 54.6 Å². The van der Waals surface area contributed by atoms with Gasteiger partial charge in [0.25, 0.3) is 5.91 Å². The molecule has 122 valence electrons. The molecular weight excluding hydrogens is 282 g/mol. The van der Waals surface area contributed by atoms with E-state index in [1.54, 1.807) is 19.1 Å². The molecule has 6 nitrogen and oxygen atoms in total. The lowest BCUT2D eigenvalue weighted by molar-refractivity contribution is 0.0520. The van der Waals surface area contributed by atoms with Crippen LogP contribution < -0.4 is 5.32 Å². The number of carbonyl (C=O) groups is 2. The molecule has 1 aliphatic rings. The van der Waals surface area contributed by atoms with E-state index in [2.05, 4.69) is 29.0 Å². The fourth-order valence-electron chi connectivity index (χ4n) is 2.68. The molecule has 1 aliphatic heterocycles. The quantitative estimate of drug-likeness (QED) is 0.813. The van der Waals surface area contributed by atoms with Crippen molar-refractivity contribution >= 4 is 11.9 Å². The molecule has 2 rings (SSSR count). The Morgan fingerprint density at radius 3 is 2.55 bits per heavy atom. The van der Waals surface area contributed by atoms with E-state index in [0.717, 1.165) is 25.9 Å². The van der Waals surface area contributed by atoms with Gasteiger partial charge in [0.1, 0.15) is 11.4 Å². The van der Waals surface area contributed by atoms with Gasteiger partial charge in [-0.3, -0.25) is 4.79 Å². The average molecular weight is 307 g/mol. The summed E-state index contributed by atoms with van der Waals surface area (Å²) in [5.74, 6) is -0.606. The van der Waals surface area contributed by atoms with Gasteiger partial charge in [-0.05, 0) is 45.7 Å². The number of hydrogen-bond acceptors (Lipinski definition) is 4. The normalized spacial score (nSPS) is 16.7. The van der Waals surface area contributed by atoms with Crippen molar-refractivity contribution in [2.45, 2.75) is 45.7 Å². The first-order valence-corrected chi connectivity index (χ1v) is 7.92. The minimum Gasteiger partial charge on any atom is -0.461 e. The summed E-state index contributed by atoms with van der Waals surface area (Å²) in [6.07, 6.45) is 1.91. The minimum atomic E-state index is -0.438. The number of amides is 1. The summed E-state index contributed by atoms with van der Waals surface area (Å²) in [7, 11) is 0. The van der Waals surface area contributed by atoms with Gasteiger partial charge in [-0.2, -0.15) is 0 Å². The summed E-state index contributed by atoms with van der Waals surface area (Å²) in [6, 6.07) is 3.93. The maximum absolute atomic E-state index is 12.2. The second kappa shape index (κ2) is 7.45. The van der Waals surface area contributed by atoms with E-state index < -0.39 is 5.97 Å². The third-order valence-corrected chi connectivity index (χ3v) is 4.02. The van der Waals surface area contributed by atoms with Crippen LogP contribution in [0.25, 0.3) is 0 Å². The third kappa shape index (κ3) is 4.10. The molecule has 0 aliphatic carbocycles. The Morgan fingerprint density at radius 2 is 1.95 bits per heavy atom. The molecule has 0 spiro atoms. The number of nitrogens with one attached hydrogen (secondary N) is 2. The number of ether oxygens (including phenoxy) is 1. The predicted octanol–water partition coefficient (Wildman–Crippen LogP) is 1.79. The number of hydrogen-bond donors (Lipinski definition) is 2. The van der Waals surface area contributed by atoms with Crippen LogP contribution >= 0.6 is 0 Å². The highest BCUT2D eigenvalue weighted by atomic mass is 16.5. The second-order valence-electron chi connectivity index (χ2n) is 5.88.